The van der Waals surface area contributed by atoms with Crippen molar-refractivity contribution in [1.29, 1.82) is 0 Å². The summed E-state index contributed by atoms with van der Waals surface area (Å²) in [5, 5.41) is 0. The molecule has 0 bridgehead atoms. The highest BCUT2D eigenvalue weighted by atomic mass is 16.5. The molecule has 6 heteroatoms. The fraction of sp³-hybridized carbons (Fsp3) is 0.367. The highest BCUT2D eigenvalue weighted by molar-refractivity contribution is 5.70. The predicted molar refractivity (Wildman–Crippen MR) is 146 cm³/mol. The van der Waals surface area contributed by atoms with E-state index in [1.54, 1.807) is 0 Å². The minimum absolute atomic E-state index is 0.0918. The normalized spacial score (nSPS) is 15.6. The lowest BCUT2D eigenvalue weighted by Crippen LogP contribution is -2.39. The smallest absolute Gasteiger partial charge is 0.251 e. The molecule has 0 radical (unpaired) electrons. The Balaban J connectivity index is 1.67. The highest BCUT2D eigenvalue weighted by Crippen LogP contribution is 2.33. The topological polar surface area (TPSA) is 71.1 Å². The van der Waals surface area contributed by atoms with Gasteiger partial charge < -0.3 is 9.72 Å². The van der Waals surface area contributed by atoms with Gasteiger partial charge in [-0.05, 0) is 70.4 Å². The summed E-state index contributed by atoms with van der Waals surface area (Å²) in [6, 6.07) is 12.0. The summed E-state index contributed by atoms with van der Waals surface area (Å²) >= 11 is 0. The Kier molecular flexibility index (Phi) is 7.85. The van der Waals surface area contributed by atoms with Gasteiger partial charge in [0.2, 0.25) is 0 Å². The number of allylic oxidation sites excluding steroid dienone is 2. The first-order valence-corrected chi connectivity index (χ1v) is 12.6. The van der Waals surface area contributed by atoms with E-state index in [4.69, 9.17) is 9.72 Å². The maximum atomic E-state index is 12.0. The van der Waals surface area contributed by atoms with Gasteiger partial charge in [0, 0.05) is 60.3 Å². The first-order valence-electron chi connectivity index (χ1n) is 12.6. The molecule has 6 nitrogen and oxygen atoms in total. The Morgan fingerprint density at radius 3 is 2.69 bits per heavy atom. The van der Waals surface area contributed by atoms with Crippen LogP contribution < -0.4 is 10.3 Å². The van der Waals surface area contributed by atoms with Gasteiger partial charge in [0.15, 0.2) is 0 Å². The second kappa shape index (κ2) is 11.0. The second-order valence-corrected chi connectivity index (χ2v) is 9.73. The molecule has 0 saturated heterocycles. The van der Waals surface area contributed by atoms with Crippen LogP contribution in [0.1, 0.15) is 57.4 Å². The Hall–Kier alpha value is -3.51. The molecule has 1 atom stereocenters. The van der Waals surface area contributed by atoms with Crippen LogP contribution in [-0.4, -0.2) is 38.5 Å². The highest BCUT2D eigenvalue weighted by Gasteiger charge is 2.26. The number of rotatable bonds is 7. The van der Waals surface area contributed by atoms with Crippen LogP contribution in [0.3, 0.4) is 0 Å². The van der Waals surface area contributed by atoms with E-state index in [1.165, 1.54) is 17.2 Å². The van der Waals surface area contributed by atoms with E-state index in [0.29, 0.717) is 5.82 Å². The molecule has 0 saturated carbocycles. The lowest BCUT2D eigenvalue weighted by atomic mass is 9.95. The molecule has 0 fully saturated rings. The summed E-state index contributed by atoms with van der Waals surface area (Å²) in [5.41, 5.74) is 7.28. The molecule has 1 aliphatic heterocycles. The minimum atomic E-state index is -0.125. The van der Waals surface area contributed by atoms with E-state index >= 15 is 0 Å². The number of hydrogen-bond acceptors (Lipinski definition) is 5. The van der Waals surface area contributed by atoms with E-state index in [0.717, 1.165) is 53.3 Å². The number of nitrogens with one attached hydrogen (secondary N) is 1. The zero-order valence-electron chi connectivity index (χ0n) is 22.1. The molecule has 1 aliphatic rings. The summed E-state index contributed by atoms with van der Waals surface area (Å²) in [5.74, 6) is 1.51. The number of nitrogens with zero attached hydrogens (tertiary/aromatic N) is 3. The van der Waals surface area contributed by atoms with Crippen molar-refractivity contribution in [3.63, 3.8) is 0 Å². The third kappa shape index (κ3) is 5.65. The summed E-state index contributed by atoms with van der Waals surface area (Å²) in [4.78, 5) is 26.8. The van der Waals surface area contributed by atoms with Crippen LogP contribution >= 0.6 is 0 Å². The molecule has 1 N–H and O–H groups in total. The van der Waals surface area contributed by atoms with Crippen molar-refractivity contribution in [3.8, 4) is 16.9 Å². The molecule has 1 aromatic carbocycles. The van der Waals surface area contributed by atoms with Crippen LogP contribution in [0.15, 0.2) is 65.1 Å². The number of ether oxygens (including phenoxy) is 1. The maximum Gasteiger partial charge on any atom is 0.251 e. The van der Waals surface area contributed by atoms with Crippen LogP contribution in [0.25, 0.3) is 16.7 Å². The van der Waals surface area contributed by atoms with Crippen molar-refractivity contribution >= 4 is 5.57 Å². The number of aromatic amines is 1. The number of aromatic nitrogens is 3. The standard InChI is InChI=1S/C30H36N4O2/c1-7-10-27(21(5)22(6)30-32-20(4)15-29(35)33-30)34-14-13-26-24(18-34)16-23(17-31-26)25-11-8-9-12-28(25)36-19(2)3/h7-12,15-17,19,27H,13-14,18H2,1-6H3,(H,32,33,35)/b10-7-,22-21-. The number of para-hydroxylation sites is 1. The van der Waals surface area contributed by atoms with Gasteiger partial charge in [0.1, 0.15) is 11.6 Å². The predicted octanol–water partition coefficient (Wildman–Crippen LogP) is 5.72. The van der Waals surface area contributed by atoms with Crippen molar-refractivity contribution in [2.24, 2.45) is 0 Å². The van der Waals surface area contributed by atoms with E-state index in [1.807, 2.05) is 59.0 Å². The minimum Gasteiger partial charge on any atom is -0.490 e. The van der Waals surface area contributed by atoms with Crippen molar-refractivity contribution in [1.82, 2.24) is 19.9 Å². The lowest BCUT2D eigenvalue weighted by Gasteiger charge is -2.35. The fourth-order valence-electron chi connectivity index (χ4n) is 4.78. The van der Waals surface area contributed by atoms with Crippen molar-refractivity contribution in [2.75, 3.05) is 6.54 Å². The number of aryl methyl sites for hydroxylation is 1. The average Bonchev–Trinajstić information content (AvgIpc) is 2.85. The van der Waals surface area contributed by atoms with E-state index < -0.39 is 0 Å². The summed E-state index contributed by atoms with van der Waals surface area (Å²) in [6.45, 7) is 13.8. The number of hydrogen-bond donors (Lipinski definition) is 1. The second-order valence-electron chi connectivity index (χ2n) is 9.73. The monoisotopic (exact) mass is 484 g/mol. The van der Waals surface area contributed by atoms with Crippen molar-refractivity contribution in [3.05, 3.63) is 93.4 Å². The average molecular weight is 485 g/mol. The van der Waals surface area contributed by atoms with Gasteiger partial charge in [-0.15, -0.1) is 0 Å². The summed E-state index contributed by atoms with van der Waals surface area (Å²) < 4.78 is 6.07. The zero-order chi connectivity index (χ0) is 25.8. The molecule has 2 aromatic heterocycles. The molecule has 3 aromatic rings. The number of benzene rings is 1. The lowest BCUT2D eigenvalue weighted by molar-refractivity contribution is 0.230. The Morgan fingerprint density at radius 1 is 1.19 bits per heavy atom. The number of pyridine rings is 1. The fourth-order valence-corrected chi connectivity index (χ4v) is 4.78. The molecule has 0 spiro atoms. The maximum absolute atomic E-state index is 12.0. The van der Waals surface area contributed by atoms with Crippen molar-refractivity contribution in [2.45, 2.75) is 66.7 Å². The zero-order valence-corrected chi connectivity index (χ0v) is 22.1. The molecule has 36 heavy (non-hydrogen) atoms. The molecule has 1 unspecified atom stereocenters. The Bertz CT molecular complexity index is 1350. The van der Waals surface area contributed by atoms with Crippen LogP contribution in [0.2, 0.25) is 0 Å². The summed E-state index contributed by atoms with van der Waals surface area (Å²) in [7, 11) is 0. The van der Waals surface area contributed by atoms with Crippen LogP contribution in [0, 0.1) is 6.92 Å². The molecule has 188 valence electrons. The Labute approximate surface area is 213 Å². The number of H-pyrrole nitrogens is 1. The molecule has 0 amide bonds. The third-order valence-electron chi connectivity index (χ3n) is 6.66. The van der Waals surface area contributed by atoms with Gasteiger partial charge in [-0.3, -0.25) is 14.7 Å². The van der Waals surface area contributed by atoms with Crippen LogP contribution in [0.5, 0.6) is 5.75 Å². The molecule has 4 rings (SSSR count). The summed E-state index contributed by atoms with van der Waals surface area (Å²) in [6.07, 6.45) is 7.28. The number of fused-ring (bicyclic) bond motifs is 1. The van der Waals surface area contributed by atoms with Crippen molar-refractivity contribution < 1.29 is 4.74 Å². The van der Waals surface area contributed by atoms with Gasteiger partial charge in [0.25, 0.3) is 5.56 Å². The van der Waals surface area contributed by atoms with Gasteiger partial charge in [0.05, 0.1) is 6.10 Å². The molecule has 3 heterocycles. The molecule has 0 aliphatic carbocycles. The SMILES string of the molecule is C/C=C\C(/C(C)=C(/C)c1nc(C)cc(=O)[nH]1)N1CCc2ncc(-c3ccccc3OC(C)C)cc2C1. The first kappa shape index (κ1) is 25.6. The van der Waals surface area contributed by atoms with Gasteiger partial charge in [-0.2, -0.15) is 0 Å². The molecular weight excluding hydrogens is 448 g/mol. The Morgan fingerprint density at radius 2 is 1.97 bits per heavy atom. The van der Waals surface area contributed by atoms with Crippen LogP contribution in [0.4, 0.5) is 0 Å². The van der Waals surface area contributed by atoms with E-state index in [-0.39, 0.29) is 17.7 Å². The van der Waals surface area contributed by atoms with Gasteiger partial charge >= 0.3 is 0 Å². The first-order chi connectivity index (χ1) is 17.3. The van der Waals surface area contributed by atoms with Gasteiger partial charge in [-0.1, -0.05) is 30.4 Å². The third-order valence-corrected chi connectivity index (χ3v) is 6.66. The largest absolute Gasteiger partial charge is 0.490 e. The van der Waals surface area contributed by atoms with E-state index in [2.05, 4.69) is 46.1 Å². The molecular formula is C30H36N4O2. The van der Waals surface area contributed by atoms with E-state index in [9.17, 15) is 4.79 Å². The quantitative estimate of drug-likeness (QED) is 0.434. The van der Waals surface area contributed by atoms with Crippen LogP contribution in [-0.2, 0) is 13.0 Å². The van der Waals surface area contributed by atoms with Gasteiger partial charge in [-0.25, -0.2) is 4.98 Å².